The number of nitrogens with zero attached hydrogens (tertiary/aromatic N) is 1. The molecule has 0 aliphatic carbocycles. The maximum Gasteiger partial charge on any atom is 0.308 e. The number of carbonyl (C=O) groups excluding carboxylic acids is 2. The molecule has 1 amide bonds. The Morgan fingerprint density at radius 3 is 2.70 bits per heavy atom. The summed E-state index contributed by atoms with van der Waals surface area (Å²) < 4.78 is 6.18. The lowest BCUT2D eigenvalue weighted by Gasteiger charge is -2.21. The fourth-order valence-corrected chi connectivity index (χ4v) is 2.64. The van der Waals surface area contributed by atoms with Gasteiger partial charge in [0.25, 0.3) is 5.91 Å². The molecule has 1 aromatic carbocycles. The van der Waals surface area contributed by atoms with Gasteiger partial charge in [0.2, 0.25) is 0 Å². The number of hydrogen-bond donors (Lipinski definition) is 0. The van der Waals surface area contributed by atoms with Gasteiger partial charge in [0, 0.05) is 23.1 Å². The van der Waals surface area contributed by atoms with Crippen molar-refractivity contribution in [2.24, 2.45) is 0 Å². The Balaban J connectivity index is 1.96. The zero-order valence-corrected chi connectivity index (χ0v) is 13.5. The van der Waals surface area contributed by atoms with Crippen LogP contribution in [0.15, 0.2) is 22.7 Å². The number of benzene rings is 1. The van der Waals surface area contributed by atoms with E-state index < -0.39 is 5.60 Å². The molecule has 0 saturated carbocycles. The van der Waals surface area contributed by atoms with E-state index in [1.165, 1.54) is 0 Å². The van der Waals surface area contributed by atoms with E-state index in [4.69, 9.17) is 4.74 Å². The van der Waals surface area contributed by atoms with Crippen LogP contribution in [0.3, 0.4) is 0 Å². The van der Waals surface area contributed by atoms with Crippen molar-refractivity contribution in [2.75, 3.05) is 6.54 Å². The van der Waals surface area contributed by atoms with E-state index in [1.807, 2.05) is 39.0 Å². The fraction of sp³-hybridized carbons (Fsp3) is 0.467. The quantitative estimate of drug-likeness (QED) is 0.794. The molecule has 0 atom stereocenters. The number of carbonyl (C=O) groups is 2. The van der Waals surface area contributed by atoms with Crippen LogP contribution in [0.5, 0.6) is 0 Å². The lowest BCUT2D eigenvalue weighted by Crippen LogP contribution is -2.30. The molecule has 0 spiro atoms. The van der Waals surface area contributed by atoms with E-state index in [9.17, 15) is 9.59 Å². The zero-order valence-electron chi connectivity index (χ0n) is 11.9. The van der Waals surface area contributed by atoms with Gasteiger partial charge in [-0.1, -0.05) is 22.0 Å². The third-order valence-corrected chi connectivity index (χ3v) is 3.73. The number of rotatable bonds is 3. The number of fused-ring (bicyclic) bond motifs is 1. The number of halogens is 1. The van der Waals surface area contributed by atoms with Crippen LogP contribution in [-0.2, 0) is 16.1 Å². The van der Waals surface area contributed by atoms with Gasteiger partial charge in [-0.3, -0.25) is 9.59 Å². The van der Waals surface area contributed by atoms with E-state index in [-0.39, 0.29) is 18.3 Å². The highest BCUT2D eigenvalue weighted by Gasteiger charge is 2.29. The van der Waals surface area contributed by atoms with Crippen LogP contribution in [0.4, 0.5) is 0 Å². The first-order chi connectivity index (χ1) is 9.28. The number of ether oxygens (including phenoxy) is 1. The minimum Gasteiger partial charge on any atom is -0.460 e. The molecule has 5 heteroatoms. The lowest BCUT2D eigenvalue weighted by molar-refractivity contribution is -0.155. The summed E-state index contributed by atoms with van der Waals surface area (Å²) in [6.45, 7) is 6.42. The maximum absolute atomic E-state index is 12.2. The van der Waals surface area contributed by atoms with Crippen molar-refractivity contribution in [3.05, 3.63) is 33.8 Å². The highest BCUT2D eigenvalue weighted by molar-refractivity contribution is 9.10. The molecule has 0 saturated heterocycles. The maximum atomic E-state index is 12.2. The number of hydrogen-bond acceptors (Lipinski definition) is 3. The molecular formula is C15H18BrNO3. The van der Waals surface area contributed by atoms with E-state index in [0.29, 0.717) is 18.7 Å². The van der Waals surface area contributed by atoms with E-state index >= 15 is 0 Å². The second-order valence-electron chi connectivity index (χ2n) is 5.83. The van der Waals surface area contributed by atoms with Crippen LogP contribution in [-0.4, -0.2) is 28.9 Å². The summed E-state index contributed by atoms with van der Waals surface area (Å²) in [5.74, 6) is -0.301. The molecule has 0 bridgehead atoms. The molecule has 4 nitrogen and oxygen atoms in total. The van der Waals surface area contributed by atoms with Crippen LogP contribution in [0.2, 0.25) is 0 Å². The van der Waals surface area contributed by atoms with Gasteiger partial charge >= 0.3 is 5.97 Å². The van der Waals surface area contributed by atoms with E-state index in [0.717, 1.165) is 10.0 Å². The minimum absolute atomic E-state index is 0.0233. The van der Waals surface area contributed by atoms with Gasteiger partial charge in [-0.15, -0.1) is 0 Å². The summed E-state index contributed by atoms with van der Waals surface area (Å²) in [5, 5.41) is 0. The number of amides is 1. The van der Waals surface area contributed by atoms with Crippen molar-refractivity contribution in [3.63, 3.8) is 0 Å². The fourth-order valence-electron chi connectivity index (χ4n) is 2.15. The first kappa shape index (κ1) is 15.0. The second kappa shape index (κ2) is 5.56. The predicted octanol–water partition coefficient (Wildman–Crippen LogP) is 3.14. The lowest BCUT2D eigenvalue weighted by atomic mass is 10.1. The molecule has 1 aromatic rings. The van der Waals surface area contributed by atoms with E-state index in [2.05, 4.69) is 15.9 Å². The number of esters is 1. The normalized spacial score (nSPS) is 14.4. The molecule has 0 fully saturated rings. The van der Waals surface area contributed by atoms with Gasteiger partial charge in [-0.2, -0.15) is 0 Å². The summed E-state index contributed by atoms with van der Waals surface area (Å²) in [7, 11) is 0. The van der Waals surface area contributed by atoms with Gasteiger partial charge < -0.3 is 9.64 Å². The van der Waals surface area contributed by atoms with Crippen LogP contribution in [0.25, 0.3) is 0 Å². The largest absolute Gasteiger partial charge is 0.460 e. The van der Waals surface area contributed by atoms with Gasteiger partial charge in [0.15, 0.2) is 0 Å². The van der Waals surface area contributed by atoms with Crippen molar-refractivity contribution in [2.45, 2.75) is 39.3 Å². The van der Waals surface area contributed by atoms with Gasteiger partial charge in [-0.05, 0) is 38.5 Å². The van der Waals surface area contributed by atoms with Crippen LogP contribution in [0.1, 0.15) is 43.1 Å². The third-order valence-electron chi connectivity index (χ3n) is 2.99. The Morgan fingerprint density at radius 1 is 1.40 bits per heavy atom. The standard InChI is InChI=1S/C15H18BrNO3/c1-15(2,3)20-13(18)7-8-17-9-11-10(14(17)19)5-4-6-12(11)16/h4-6H,7-9H2,1-3H3. The summed E-state index contributed by atoms with van der Waals surface area (Å²) >= 11 is 3.45. The summed E-state index contributed by atoms with van der Waals surface area (Å²) in [6.07, 6.45) is 0.217. The Hall–Kier alpha value is -1.36. The average Bonchev–Trinajstić information content (AvgIpc) is 2.64. The zero-order chi connectivity index (χ0) is 14.9. The summed E-state index contributed by atoms with van der Waals surface area (Å²) in [5.41, 5.74) is 1.21. The molecule has 0 N–H and O–H groups in total. The molecule has 0 aromatic heterocycles. The molecule has 108 valence electrons. The Kier molecular flexibility index (Phi) is 4.18. The van der Waals surface area contributed by atoms with Crippen molar-refractivity contribution < 1.29 is 14.3 Å². The topological polar surface area (TPSA) is 46.6 Å². The predicted molar refractivity (Wildman–Crippen MR) is 79.3 cm³/mol. The van der Waals surface area contributed by atoms with E-state index in [1.54, 1.807) is 4.90 Å². The average molecular weight is 340 g/mol. The van der Waals surface area contributed by atoms with Crippen LogP contribution < -0.4 is 0 Å². The first-order valence-corrected chi connectivity index (χ1v) is 7.36. The molecule has 1 aliphatic heterocycles. The second-order valence-corrected chi connectivity index (χ2v) is 6.68. The first-order valence-electron chi connectivity index (χ1n) is 6.56. The molecule has 2 rings (SSSR count). The van der Waals surface area contributed by atoms with Crippen LogP contribution >= 0.6 is 15.9 Å². The molecule has 1 heterocycles. The monoisotopic (exact) mass is 339 g/mol. The molecular weight excluding hydrogens is 322 g/mol. The molecule has 0 radical (unpaired) electrons. The highest BCUT2D eigenvalue weighted by atomic mass is 79.9. The van der Waals surface area contributed by atoms with Gasteiger partial charge in [-0.25, -0.2) is 0 Å². The summed E-state index contributed by atoms with van der Waals surface area (Å²) in [4.78, 5) is 25.6. The molecule has 1 aliphatic rings. The van der Waals surface area contributed by atoms with Crippen molar-refractivity contribution in [1.82, 2.24) is 4.90 Å². The van der Waals surface area contributed by atoms with Gasteiger partial charge in [0.1, 0.15) is 5.60 Å². The van der Waals surface area contributed by atoms with Crippen LogP contribution in [0, 0.1) is 0 Å². The van der Waals surface area contributed by atoms with Crippen molar-refractivity contribution >= 4 is 27.8 Å². The van der Waals surface area contributed by atoms with Crippen molar-refractivity contribution in [3.8, 4) is 0 Å². The Morgan fingerprint density at radius 2 is 2.10 bits per heavy atom. The SMILES string of the molecule is CC(C)(C)OC(=O)CCN1Cc2c(Br)cccc2C1=O. The Bertz CT molecular complexity index is 549. The summed E-state index contributed by atoms with van der Waals surface area (Å²) in [6, 6.07) is 5.58. The Labute approximate surface area is 127 Å². The smallest absolute Gasteiger partial charge is 0.308 e. The van der Waals surface area contributed by atoms with Crippen molar-refractivity contribution in [1.29, 1.82) is 0 Å². The highest BCUT2D eigenvalue weighted by Crippen LogP contribution is 2.29. The minimum atomic E-state index is -0.488. The molecule has 0 unspecified atom stereocenters. The third kappa shape index (κ3) is 3.39. The van der Waals surface area contributed by atoms with Gasteiger partial charge in [0.05, 0.1) is 6.42 Å². The molecule has 20 heavy (non-hydrogen) atoms.